The maximum absolute atomic E-state index is 14.3. The number of amides is 2. The fourth-order valence-corrected chi connectivity index (χ4v) is 8.29. The van der Waals surface area contributed by atoms with Crippen LogP contribution in [0.5, 0.6) is 0 Å². The van der Waals surface area contributed by atoms with E-state index >= 15 is 0 Å². The molecule has 0 saturated heterocycles. The van der Waals surface area contributed by atoms with Crippen LogP contribution in [-0.4, -0.2) is 69.8 Å². The molecule has 0 saturated carbocycles. The summed E-state index contributed by atoms with van der Waals surface area (Å²) in [5.41, 5.74) is -3.07. The first-order valence-electron chi connectivity index (χ1n) is 13.9. The van der Waals surface area contributed by atoms with Crippen LogP contribution in [0.3, 0.4) is 0 Å². The molecule has 1 aliphatic rings. The summed E-state index contributed by atoms with van der Waals surface area (Å²) in [5.74, 6) is -0.928. The van der Waals surface area contributed by atoms with Gasteiger partial charge < -0.3 is 0 Å². The average Bonchev–Trinajstić information content (AvgIpc) is 2.89. The van der Waals surface area contributed by atoms with Gasteiger partial charge in [-0.05, 0) is 0 Å². The first-order chi connectivity index (χ1) is 21.0. The summed E-state index contributed by atoms with van der Waals surface area (Å²) >= 11 is -1.76. The zero-order valence-electron chi connectivity index (χ0n) is 26.3. The summed E-state index contributed by atoms with van der Waals surface area (Å²) in [4.78, 5) is 41.2. The molecule has 0 aromatic heterocycles. The van der Waals surface area contributed by atoms with E-state index < -0.39 is 70.0 Å². The van der Waals surface area contributed by atoms with E-state index in [1.807, 2.05) is 6.07 Å². The zero-order chi connectivity index (χ0) is 34.8. The van der Waals surface area contributed by atoms with E-state index in [2.05, 4.69) is 5.32 Å². The van der Waals surface area contributed by atoms with Crippen molar-refractivity contribution < 1.29 is 45.4 Å². The van der Waals surface area contributed by atoms with Crippen LogP contribution in [0.15, 0.2) is 58.6 Å². The summed E-state index contributed by atoms with van der Waals surface area (Å²) in [6.45, 7) is 9.45. The zero-order valence-corrected chi connectivity index (χ0v) is 29.0. The van der Waals surface area contributed by atoms with Gasteiger partial charge in [-0.1, -0.05) is 0 Å². The van der Waals surface area contributed by atoms with Gasteiger partial charge >= 0.3 is 273 Å². The molecule has 1 atom stereocenters. The van der Waals surface area contributed by atoms with Crippen molar-refractivity contribution in [3.8, 4) is 6.07 Å². The van der Waals surface area contributed by atoms with Crippen molar-refractivity contribution in [1.82, 2.24) is 4.90 Å². The number of ether oxygens (including phenoxy) is 2. The molecule has 1 radical (unpaired) electrons. The average molecular weight is 725 g/mol. The summed E-state index contributed by atoms with van der Waals surface area (Å²) in [5, 5.41) is 12.3. The van der Waals surface area contributed by atoms with Gasteiger partial charge in [-0.3, -0.25) is 0 Å². The number of alkyl halides is 3. The number of nitriles is 1. The Morgan fingerprint density at radius 2 is 1.65 bits per heavy atom. The Morgan fingerprint density at radius 1 is 1.02 bits per heavy atom. The minimum atomic E-state index is -4.67. The molecule has 1 N–H and O–H groups in total. The van der Waals surface area contributed by atoms with Crippen molar-refractivity contribution in [2.24, 2.45) is 0 Å². The fraction of sp³-hybridized carbons (Fsp3) is 0.419. The van der Waals surface area contributed by atoms with Crippen molar-refractivity contribution in [2.75, 3.05) is 18.1 Å². The van der Waals surface area contributed by atoms with Crippen LogP contribution in [0.25, 0.3) is 0 Å². The summed E-state index contributed by atoms with van der Waals surface area (Å²) < 4.78 is 75.6. The molecule has 46 heavy (non-hydrogen) atoms. The third kappa shape index (κ3) is 9.59. The molecule has 1 heterocycles. The molecule has 2 aromatic carbocycles. The van der Waals surface area contributed by atoms with Gasteiger partial charge in [0.25, 0.3) is 0 Å². The van der Waals surface area contributed by atoms with E-state index in [1.54, 1.807) is 41.5 Å². The van der Waals surface area contributed by atoms with Crippen molar-refractivity contribution in [2.45, 2.75) is 74.9 Å². The Balaban J connectivity index is 2.34. The first kappa shape index (κ1) is 36.6. The number of anilines is 1. The van der Waals surface area contributed by atoms with Crippen LogP contribution in [0.4, 0.5) is 28.4 Å². The number of halogens is 3. The predicted molar refractivity (Wildman–Crippen MR) is 164 cm³/mol. The molecule has 247 valence electrons. The van der Waals surface area contributed by atoms with Crippen LogP contribution in [0, 0.1) is 11.3 Å². The van der Waals surface area contributed by atoms with Gasteiger partial charge in [-0.25, -0.2) is 0 Å². The van der Waals surface area contributed by atoms with Gasteiger partial charge in [-0.2, -0.15) is 0 Å². The van der Waals surface area contributed by atoms with Crippen molar-refractivity contribution in [3.63, 3.8) is 0 Å². The molecule has 2 amide bonds. The summed E-state index contributed by atoms with van der Waals surface area (Å²) in [6.07, 6.45) is -4.85. The van der Waals surface area contributed by atoms with Crippen LogP contribution < -0.4 is 5.32 Å². The Bertz CT molecular complexity index is 1720. The van der Waals surface area contributed by atoms with Crippen LogP contribution in [0.2, 0.25) is 0 Å². The molecule has 1 unspecified atom stereocenters. The van der Waals surface area contributed by atoms with Crippen LogP contribution in [-0.2, 0) is 30.3 Å². The van der Waals surface area contributed by atoms with Crippen molar-refractivity contribution in [3.05, 3.63) is 70.4 Å². The molecule has 0 fully saturated rings. The van der Waals surface area contributed by atoms with E-state index in [4.69, 9.17) is 9.47 Å². The van der Waals surface area contributed by atoms with Gasteiger partial charge in [0.15, 0.2) is 0 Å². The number of hydrogen-bond donors (Lipinski definition) is 1. The molecular weight excluding hydrogens is 690 g/mol. The summed E-state index contributed by atoms with van der Waals surface area (Å²) in [7, 11) is -4.06. The van der Waals surface area contributed by atoms with Crippen LogP contribution in [0.1, 0.15) is 69.4 Å². The van der Waals surface area contributed by atoms with Gasteiger partial charge in [0.2, 0.25) is 0 Å². The monoisotopic (exact) mass is 724 g/mol. The van der Waals surface area contributed by atoms with Gasteiger partial charge in [0, 0.05) is 0 Å². The Labute approximate surface area is 272 Å². The maximum atomic E-state index is 14.3. The van der Waals surface area contributed by atoms with E-state index in [0.717, 1.165) is 29.4 Å². The number of benzene rings is 2. The summed E-state index contributed by atoms with van der Waals surface area (Å²) in [6, 6.07) is 9.87. The third-order valence-corrected chi connectivity index (χ3v) is 9.68. The first-order valence-corrected chi connectivity index (χ1v) is 17.8. The molecule has 0 aliphatic carbocycles. The predicted octanol–water partition coefficient (Wildman–Crippen LogP) is 6.19. The Kier molecular flexibility index (Phi) is 10.8. The number of rotatable bonds is 7. The van der Waals surface area contributed by atoms with E-state index in [1.165, 1.54) is 24.3 Å². The van der Waals surface area contributed by atoms with E-state index in [9.17, 15) is 41.2 Å². The topological polar surface area (TPSA) is 143 Å². The number of imide groups is 1. The molecule has 15 heteroatoms. The van der Waals surface area contributed by atoms with Crippen molar-refractivity contribution >= 4 is 48.0 Å². The van der Waals surface area contributed by atoms with Gasteiger partial charge in [-0.15, -0.1) is 0 Å². The molecule has 10 nitrogen and oxygen atoms in total. The number of carbonyl (C=O) groups is 3. The van der Waals surface area contributed by atoms with Crippen molar-refractivity contribution in [1.29, 1.82) is 5.26 Å². The minimum absolute atomic E-state index is 0.00177. The molecular formula is C31H34AsF3N3O7S. The molecule has 0 bridgehead atoms. The second kappa shape index (κ2) is 13.5. The molecule has 2 aromatic rings. The Morgan fingerprint density at radius 3 is 2.20 bits per heavy atom. The standard InChI is InChI=1S/C31H34AsF3N3O7S/c1-29(2,3)44-27(40)32-25(21-12-11-18(17-36)15-23(21)46(7,42)43)24-22(37-20-10-8-9-19(16-20)31(33,34)35)13-14-38(26(24)39)28(41)45-30(4,5)6/h8-12,15-16,25,37H,13-14H2,1-7H3. The second-order valence-electron chi connectivity index (χ2n) is 12.4. The fourth-order valence-electron chi connectivity index (χ4n) is 4.42. The SMILES string of the molecule is CC(C)(C)OC(=O)[As]C(C1=C(Nc2cccc(C(F)(F)F)c2)CCN(C(=O)OC(C)(C)C)C1=O)c1ccc(C#N)cc1S(C)(=O)=O. The molecule has 0 spiro atoms. The third-order valence-electron chi connectivity index (χ3n) is 6.22. The second-order valence-corrected chi connectivity index (χ2v) is 16.8. The van der Waals surface area contributed by atoms with E-state index in [0.29, 0.717) is 0 Å². The normalized spacial score (nSPS) is 15.5. The quantitative estimate of drug-likeness (QED) is 0.331. The van der Waals surface area contributed by atoms with Crippen LogP contribution >= 0.6 is 0 Å². The molecule has 1 aliphatic heterocycles. The number of carbonyl (C=O) groups excluding carboxylic acids is 3. The van der Waals surface area contributed by atoms with E-state index in [-0.39, 0.29) is 45.9 Å². The number of nitrogens with zero attached hydrogens (tertiary/aromatic N) is 2. The Hall–Kier alpha value is -3.82. The number of sulfone groups is 1. The van der Waals surface area contributed by atoms with Gasteiger partial charge in [0.05, 0.1) is 0 Å². The molecule has 3 rings (SSSR count). The number of hydrogen-bond acceptors (Lipinski definition) is 9. The number of nitrogens with one attached hydrogen (secondary N) is 1. The van der Waals surface area contributed by atoms with Gasteiger partial charge in [0.1, 0.15) is 0 Å².